The van der Waals surface area contributed by atoms with E-state index in [0.29, 0.717) is 16.9 Å². The first-order valence-corrected chi connectivity index (χ1v) is 13.7. The van der Waals surface area contributed by atoms with Gasteiger partial charge in [-0.2, -0.15) is 0 Å². The van der Waals surface area contributed by atoms with Crippen molar-refractivity contribution in [2.24, 2.45) is 5.73 Å². The molecule has 42 heavy (non-hydrogen) atoms. The molecule has 0 radical (unpaired) electrons. The minimum atomic E-state index is -0.917. The minimum absolute atomic E-state index is 0.0664. The fourth-order valence-electron chi connectivity index (χ4n) is 5.75. The third-order valence-corrected chi connectivity index (χ3v) is 7.79. The van der Waals surface area contributed by atoms with Crippen LogP contribution in [-0.4, -0.2) is 64.2 Å². The zero-order chi connectivity index (χ0) is 29.9. The molecule has 12 heteroatoms. The number of carbonyl (C=O) groups is 2. The number of amides is 1. The van der Waals surface area contributed by atoms with Gasteiger partial charge in [-0.1, -0.05) is 24.3 Å². The second kappa shape index (κ2) is 10.2. The molecule has 5 atom stereocenters. The normalized spacial score (nSPS) is 23.6. The summed E-state index contributed by atoms with van der Waals surface area (Å²) in [6.07, 6.45) is -1.03. The highest BCUT2D eigenvalue weighted by molar-refractivity contribution is 6.09. The lowest BCUT2D eigenvalue weighted by Crippen LogP contribution is -2.34. The average Bonchev–Trinajstić information content (AvgIpc) is 3.59. The number of methoxy groups -OCH3 is 1. The van der Waals surface area contributed by atoms with E-state index in [0.717, 1.165) is 22.1 Å². The number of ether oxygens (including phenoxy) is 5. The molecule has 0 spiro atoms. The molecule has 4 aromatic rings. The third kappa shape index (κ3) is 4.81. The predicted octanol–water partition coefficient (Wildman–Crippen LogP) is 3.35. The summed E-state index contributed by atoms with van der Waals surface area (Å²) < 4.78 is 31.5. The molecule has 12 nitrogen and oxygen atoms in total. The van der Waals surface area contributed by atoms with Crippen molar-refractivity contribution < 1.29 is 33.3 Å². The van der Waals surface area contributed by atoms with Crippen LogP contribution in [-0.2, 0) is 23.7 Å². The van der Waals surface area contributed by atoms with Crippen molar-refractivity contribution >= 4 is 39.5 Å². The van der Waals surface area contributed by atoms with Crippen LogP contribution in [0.3, 0.4) is 0 Å². The van der Waals surface area contributed by atoms with E-state index in [1.165, 1.54) is 0 Å². The molecular weight excluding hydrogens is 542 g/mol. The lowest BCUT2D eigenvalue weighted by molar-refractivity contribution is -0.202. The number of hydrogen-bond donors (Lipinski definition) is 2. The second-order valence-electron chi connectivity index (χ2n) is 11.1. The first-order chi connectivity index (χ1) is 20.0. The van der Waals surface area contributed by atoms with E-state index in [4.69, 9.17) is 35.2 Å². The Morgan fingerprint density at radius 2 is 1.81 bits per heavy atom. The SMILES string of the molecule is COc1ccc2cc([C@@H](C)C(=O)OC[C@H]3O[C@@H](n4cc(C(N)=O)c5c(N)nc(C)nc54)[C@@H]4OC(C)(C)O[C@@H]43)ccc2c1. The van der Waals surface area contributed by atoms with Crippen molar-refractivity contribution in [3.8, 4) is 5.75 Å². The molecule has 2 aromatic heterocycles. The molecule has 2 saturated heterocycles. The number of hydrogen-bond acceptors (Lipinski definition) is 10. The van der Waals surface area contributed by atoms with E-state index in [9.17, 15) is 9.59 Å². The zero-order valence-electron chi connectivity index (χ0n) is 24.0. The van der Waals surface area contributed by atoms with Gasteiger partial charge in [-0.05, 0) is 56.2 Å². The number of rotatable bonds is 7. The van der Waals surface area contributed by atoms with Gasteiger partial charge >= 0.3 is 5.97 Å². The highest BCUT2D eigenvalue weighted by Gasteiger charge is 2.56. The van der Waals surface area contributed by atoms with Crippen LogP contribution in [0.5, 0.6) is 5.75 Å². The number of carbonyl (C=O) groups excluding carboxylic acids is 2. The Labute approximate surface area is 241 Å². The van der Waals surface area contributed by atoms with Crippen LogP contribution in [0.25, 0.3) is 21.8 Å². The zero-order valence-corrected chi connectivity index (χ0v) is 24.0. The fourth-order valence-corrected chi connectivity index (χ4v) is 5.75. The Bertz CT molecular complexity index is 1720. The molecule has 4 heterocycles. The van der Waals surface area contributed by atoms with Gasteiger partial charge in [-0.15, -0.1) is 0 Å². The van der Waals surface area contributed by atoms with Gasteiger partial charge in [0.05, 0.1) is 24.0 Å². The lowest BCUT2D eigenvalue weighted by atomic mass is 9.98. The maximum atomic E-state index is 13.2. The van der Waals surface area contributed by atoms with Gasteiger partial charge in [0.25, 0.3) is 5.91 Å². The molecule has 6 rings (SSSR count). The van der Waals surface area contributed by atoms with Crippen LogP contribution in [0.15, 0.2) is 42.6 Å². The Balaban J connectivity index is 1.24. The lowest BCUT2D eigenvalue weighted by Gasteiger charge is -2.25. The molecule has 0 aliphatic carbocycles. The quantitative estimate of drug-likeness (QED) is 0.312. The summed E-state index contributed by atoms with van der Waals surface area (Å²) in [4.78, 5) is 34.2. The van der Waals surface area contributed by atoms with Gasteiger partial charge in [0.1, 0.15) is 48.0 Å². The number of nitrogens with two attached hydrogens (primary N) is 2. The van der Waals surface area contributed by atoms with Gasteiger partial charge in [0.2, 0.25) is 0 Å². The van der Waals surface area contributed by atoms with Crippen molar-refractivity contribution in [2.75, 3.05) is 19.5 Å². The summed E-state index contributed by atoms with van der Waals surface area (Å²) in [5, 5.41) is 2.34. The second-order valence-corrected chi connectivity index (χ2v) is 11.1. The van der Waals surface area contributed by atoms with Crippen molar-refractivity contribution in [1.82, 2.24) is 14.5 Å². The Kier molecular flexibility index (Phi) is 6.79. The van der Waals surface area contributed by atoms with Crippen molar-refractivity contribution in [1.29, 1.82) is 0 Å². The van der Waals surface area contributed by atoms with E-state index < -0.39 is 48.1 Å². The monoisotopic (exact) mass is 575 g/mol. The third-order valence-electron chi connectivity index (χ3n) is 7.79. The molecule has 1 amide bonds. The fraction of sp³-hybridized carbons (Fsp3) is 0.400. The number of esters is 1. The number of fused-ring (bicyclic) bond motifs is 3. The number of nitrogen functional groups attached to an aromatic ring is 1. The predicted molar refractivity (Wildman–Crippen MR) is 153 cm³/mol. The molecule has 2 aliphatic heterocycles. The first-order valence-electron chi connectivity index (χ1n) is 13.7. The highest BCUT2D eigenvalue weighted by Crippen LogP contribution is 2.45. The van der Waals surface area contributed by atoms with E-state index in [-0.39, 0.29) is 18.0 Å². The van der Waals surface area contributed by atoms with Crippen LogP contribution >= 0.6 is 0 Å². The van der Waals surface area contributed by atoms with Crippen LogP contribution in [0.1, 0.15) is 54.7 Å². The van der Waals surface area contributed by atoms with Crippen molar-refractivity contribution in [2.45, 2.75) is 63.9 Å². The van der Waals surface area contributed by atoms with Crippen LogP contribution < -0.4 is 16.2 Å². The number of primary amides is 1. The van der Waals surface area contributed by atoms with E-state index >= 15 is 0 Å². The summed E-state index contributed by atoms with van der Waals surface area (Å²) in [7, 11) is 1.63. The van der Waals surface area contributed by atoms with Crippen LogP contribution in [0, 0.1) is 6.92 Å². The molecular formula is C30H33N5O7. The number of aryl methyl sites for hydroxylation is 1. The summed E-state index contributed by atoms with van der Waals surface area (Å²) in [5.41, 5.74) is 13.2. The van der Waals surface area contributed by atoms with Crippen molar-refractivity contribution in [3.05, 3.63) is 59.5 Å². The van der Waals surface area contributed by atoms with Gasteiger partial charge in [-0.25, -0.2) is 9.97 Å². The summed E-state index contributed by atoms with van der Waals surface area (Å²) in [5.74, 6) is -1.19. The highest BCUT2D eigenvalue weighted by atomic mass is 16.8. The largest absolute Gasteiger partial charge is 0.497 e. The van der Waals surface area contributed by atoms with Crippen LogP contribution in [0.4, 0.5) is 5.82 Å². The summed E-state index contributed by atoms with van der Waals surface area (Å²) >= 11 is 0. The van der Waals surface area contributed by atoms with E-state index in [1.807, 2.05) is 36.4 Å². The van der Waals surface area contributed by atoms with Crippen LogP contribution in [0.2, 0.25) is 0 Å². The molecule has 0 bridgehead atoms. The minimum Gasteiger partial charge on any atom is -0.497 e. The van der Waals surface area contributed by atoms with Crippen molar-refractivity contribution in [3.63, 3.8) is 0 Å². The molecule has 220 valence electrons. The molecule has 2 aromatic carbocycles. The Morgan fingerprint density at radius 1 is 1.10 bits per heavy atom. The van der Waals surface area contributed by atoms with Gasteiger partial charge in [0, 0.05) is 6.20 Å². The number of aromatic nitrogens is 3. The first kappa shape index (κ1) is 27.9. The molecule has 2 aliphatic rings. The molecule has 0 saturated carbocycles. The Morgan fingerprint density at radius 3 is 2.55 bits per heavy atom. The van der Waals surface area contributed by atoms with Gasteiger partial charge < -0.3 is 39.7 Å². The summed E-state index contributed by atoms with van der Waals surface area (Å²) in [6.45, 7) is 7.04. The van der Waals surface area contributed by atoms with E-state index in [1.54, 1.807) is 45.6 Å². The smallest absolute Gasteiger partial charge is 0.313 e. The topological polar surface area (TPSA) is 163 Å². The van der Waals surface area contributed by atoms with Gasteiger partial charge in [0.15, 0.2) is 12.0 Å². The maximum Gasteiger partial charge on any atom is 0.313 e. The average molecular weight is 576 g/mol. The number of anilines is 1. The molecule has 4 N–H and O–H groups in total. The van der Waals surface area contributed by atoms with E-state index in [2.05, 4.69) is 9.97 Å². The summed E-state index contributed by atoms with van der Waals surface area (Å²) in [6, 6.07) is 11.6. The Hall–Kier alpha value is -4.26. The maximum absolute atomic E-state index is 13.2. The van der Waals surface area contributed by atoms with Gasteiger partial charge in [-0.3, -0.25) is 9.59 Å². The molecule has 2 fully saturated rings. The molecule has 0 unspecified atom stereocenters. The standard InChI is InChI=1S/C30H33N5O7/c1-14(16-6-7-18-11-19(38-5)9-8-17(18)10-16)29(37)39-13-21-23-24(42-30(3,4)41-23)28(40-21)35-12-20(26(32)36)22-25(31)33-15(2)34-27(22)35/h6-12,14,21,23-24,28H,13H2,1-5H3,(H2,32,36)(H2,31,33,34)/t14-,21-,23-,24-,28-/m1/s1. The number of benzene rings is 2. The number of nitrogens with zero attached hydrogens (tertiary/aromatic N) is 3.